The van der Waals surface area contributed by atoms with Crippen LogP contribution in [0.15, 0.2) is 18.3 Å². The first-order valence-corrected chi connectivity index (χ1v) is 5.49. The Hall–Kier alpha value is -1.60. The van der Waals surface area contributed by atoms with Crippen LogP contribution in [0, 0.1) is 11.3 Å². The van der Waals surface area contributed by atoms with E-state index in [1.807, 2.05) is 6.07 Å². The van der Waals surface area contributed by atoms with E-state index in [4.69, 9.17) is 10.00 Å². The molecule has 16 heavy (non-hydrogen) atoms. The highest BCUT2D eigenvalue weighted by Gasteiger charge is 2.25. The quantitative estimate of drug-likeness (QED) is 0.748. The molecule has 0 amide bonds. The van der Waals surface area contributed by atoms with Crippen molar-refractivity contribution in [3.8, 4) is 11.9 Å². The van der Waals surface area contributed by atoms with Gasteiger partial charge in [0.15, 0.2) is 0 Å². The van der Waals surface area contributed by atoms with E-state index in [2.05, 4.69) is 16.9 Å². The molecular weight excluding hydrogens is 202 g/mol. The molecule has 1 aliphatic rings. The molecule has 1 heterocycles. The van der Waals surface area contributed by atoms with Gasteiger partial charge in [-0.1, -0.05) is 0 Å². The van der Waals surface area contributed by atoms with E-state index >= 15 is 0 Å². The lowest BCUT2D eigenvalue weighted by molar-refractivity contribution is 0.226. The molecule has 84 valence electrons. The number of aromatic nitrogens is 1. The van der Waals surface area contributed by atoms with Gasteiger partial charge in [0.05, 0.1) is 5.56 Å². The van der Waals surface area contributed by atoms with Crippen LogP contribution >= 0.6 is 0 Å². The van der Waals surface area contributed by atoms with Crippen molar-refractivity contribution in [3.63, 3.8) is 0 Å². The molecule has 1 aliphatic carbocycles. The summed E-state index contributed by atoms with van der Waals surface area (Å²) in [6, 6.07) is 6.23. The molecule has 1 aromatic heterocycles. The summed E-state index contributed by atoms with van der Waals surface area (Å²) in [6.07, 6.45) is 4.15. The van der Waals surface area contributed by atoms with Gasteiger partial charge in [-0.05, 0) is 26.0 Å². The first-order valence-electron chi connectivity index (χ1n) is 5.49. The molecule has 4 nitrogen and oxygen atoms in total. The van der Waals surface area contributed by atoms with Gasteiger partial charge in [0.1, 0.15) is 12.7 Å². The first kappa shape index (κ1) is 10.9. The molecule has 1 saturated carbocycles. The number of likely N-dealkylation sites (N-methyl/N-ethyl adjacent to an activating group) is 1. The fourth-order valence-corrected chi connectivity index (χ4v) is 1.52. The number of hydrogen-bond donors (Lipinski definition) is 0. The highest BCUT2D eigenvalue weighted by Crippen LogP contribution is 2.24. The molecule has 0 N–H and O–H groups in total. The van der Waals surface area contributed by atoms with Crippen LogP contribution in [0.5, 0.6) is 5.88 Å². The summed E-state index contributed by atoms with van der Waals surface area (Å²) in [5, 5.41) is 8.61. The fourth-order valence-electron chi connectivity index (χ4n) is 1.52. The van der Waals surface area contributed by atoms with E-state index in [0.29, 0.717) is 18.1 Å². The van der Waals surface area contributed by atoms with Crippen LogP contribution in [0.3, 0.4) is 0 Å². The molecule has 1 aromatic rings. The van der Waals surface area contributed by atoms with Gasteiger partial charge in [-0.25, -0.2) is 4.98 Å². The zero-order chi connectivity index (χ0) is 11.4. The molecule has 0 aromatic carbocycles. The largest absolute Gasteiger partial charge is 0.476 e. The van der Waals surface area contributed by atoms with Gasteiger partial charge in [-0.15, -0.1) is 0 Å². The van der Waals surface area contributed by atoms with Crippen molar-refractivity contribution < 1.29 is 4.74 Å². The monoisotopic (exact) mass is 217 g/mol. The summed E-state index contributed by atoms with van der Waals surface area (Å²) in [6.45, 7) is 1.57. The molecule has 0 saturated heterocycles. The Bertz CT molecular complexity index is 378. The average molecular weight is 217 g/mol. The smallest absolute Gasteiger partial charge is 0.213 e. The number of rotatable bonds is 5. The Morgan fingerprint density at radius 1 is 1.56 bits per heavy atom. The van der Waals surface area contributed by atoms with Crippen LogP contribution in [0.1, 0.15) is 18.4 Å². The Balaban J connectivity index is 1.74. The lowest BCUT2D eigenvalue weighted by Crippen LogP contribution is -2.26. The van der Waals surface area contributed by atoms with Crippen LogP contribution in [0.25, 0.3) is 0 Å². The van der Waals surface area contributed by atoms with Crippen molar-refractivity contribution in [3.05, 3.63) is 23.9 Å². The van der Waals surface area contributed by atoms with E-state index in [-0.39, 0.29) is 0 Å². The standard InChI is InChI=1S/C12H15N3O/c1-15(11-3-4-11)6-7-16-12-5-2-10(8-13)9-14-12/h2,5,9,11H,3-4,6-7H2,1H3. The van der Waals surface area contributed by atoms with Crippen molar-refractivity contribution in [2.75, 3.05) is 20.2 Å². The first-order chi connectivity index (χ1) is 7.79. The zero-order valence-corrected chi connectivity index (χ0v) is 9.39. The number of nitriles is 1. The van der Waals surface area contributed by atoms with Gasteiger partial charge in [0, 0.05) is 24.8 Å². The summed E-state index contributed by atoms with van der Waals surface area (Å²) in [5.41, 5.74) is 0.558. The van der Waals surface area contributed by atoms with Crippen molar-refractivity contribution in [2.24, 2.45) is 0 Å². The third-order valence-electron chi connectivity index (χ3n) is 2.73. The lowest BCUT2D eigenvalue weighted by Gasteiger charge is -2.15. The highest BCUT2D eigenvalue weighted by molar-refractivity contribution is 5.28. The summed E-state index contributed by atoms with van der Waals surface area (Å²) < 4.78 is 5.49. The number of nitrogens with zero attached hydrogens (tertiary/aromatic N) is 3. The molecule has 1 fully saturated rings. The molecule has 0 unspecified atom stereocenters. The maximum Gasteiger partial charge on any atom is 0.213 e. The Kier molecular flexibility index (Phi) is 3.37. The van der Waals surface area contributed by atoms with E-state index in [0.717, 1.165) is 12.6 Å². The van der Waals surface area contributed by atoms with Gasteiger partial charge in [-0.3, -0.25) is 0 Å². The van der Waals surface area contributed by atoms with Crippen molar-refractivity contribution in [1.82, 2.24) is 9.88 Å². The van der Waals surface area contributed by atoms with Crippen LogP contribution < -0.4 is 4.74 Å². The molecular formula is C12H15N3O. The molecule has 2 rings (SSSR count). The minimum Gasteiger partial charge on any atom is -0.476 e. The van der Waals surface area contributed by atoms with E-state index < -0.39 is 0 Å². The third kappa shape index (κ3) is 2.94. The Labute approximate surface area is 95.5 Å². The number of ether oxygens (including phenoxy) is 1. The van der Waals surface area contributed by atoms with Crippen molar-refractivity contribution in [2.45, 2.75) is 18.9 Å². The molecule has 0 atom stereocenters. The summed E-state index contributed by atoms with van der Waals surface area (Å²) in [7, 11) is 2.12. The van der Waals surface area contributed by atoms with E-state index in [9.17, 15) is 0 Å². The summed E-state index contributed by atoms with van der Waals surface area (Å²) in [5.74, 6) is 0.586. The van der Waals surface area contributed by atoms with Crippen molar-refractivity contribution in [1.29, 1.82) is 5.26 Å². The number of pyridine rings is 1. The molecule has 0 spiro atoms. The van der Waals surface area contributed by atoms with Crippen LogP contribution in [-0.4, -0.2) is 36.1 Å². The van der Waals surface area contributed by atoms with Crippen LogP contribution in [-0.2, 0) is 0 Å². The lowest BCUT2D eigenvalue weighted by atomic mass is 10.3. The minimum atomic E-state index is 0.558. The number of hydrogen-bond acceptors (Lipinski definition) is 4. The highest BCUT2D eigenvalue weighted by atomic mass is 16.5. The predicted octanol–water partition coefficient (Wildman–Crippen LogP) is 1.43. The van der Waals surface area contributed by atoms with Gasteiger partial charge in [-0.2, -0.15) is 5.26 Å². The molecule has 0 bridgehead atoms. The van der Waals surface area contributed by atoms with Gasteiger partial charge in [0.25, 0.3) is 0 Å². The summed E-state index contributed by atoms with van der Waals surface area (Å²) >= 11 is 0. The second-order valence-electron chi connectivity index (χ2n) is 4.06. The normalized spacial score (nSPS) is 14.8. The third-order valence-corrected chi connectivity index (χ3v) is 2.73. The van der Waals surface area contributed by atoms with Crippen LogP contribution in [0.4, 0.5) is 0 Å². The van der Waals surface area contributed by atoms with Gasteiger partial charge >= 0.3 is 0 Å². The van der Waals surface area contributed by atoms with E-state index in [1.54, 1.807) is 12.1 Å². The van der Waals surface area contributed by atoms with Gasteiger partial charge < -0.3 is 9.64 Å². The average Bonchev–Trinajstić information content (AvgIpc) is 3.14. The maximum atomic E-state index is 8.61. The predicted molar refractivity (Wildman–Crippen MR) is 60.1 cm³/mol. The Morgan fingerprint density at radius 2 is 2.38 bits per heavy atom. The second-order valence-corrected chi connectivity index (χ2v) is 4.06. The van der Waals surface area contributed by atoms with Crippen LogP contribution in [0.2, 0.25) is 0 Å². The van der Waals surface area contributed by atoms with Gasteiger partial charge in [0.2, 0.25) is 5.88 Å². The molecule has 4 heteroatoms. The molecule has 0 aliphatic heterocycles. The Morgan fingerprint density at radius 3 is 2.94 bits per heavy atom. The second kappa shape index (κ2) is 4.95. The molecule has 0 radical (unpaired) electrons. The minimum absolute atomic E-state index is 0.558. The SMILES string of the molecule is CN(CCOc1ccc(C#N)cn1)C1CC1. The van der Waals surface area contributed by atoms with E-state index in [1.165, 1.54) is 19.0 Å². The topological polar surface area (TPSA) is 49.1 Å². The fraction of sp³-hybridized carbons (Fsp3) is 0.500. The van der Waals surface area contributed by atoms with Crippen molar-refractivity contribution >= 4 is 0 Å². The summed E-state index contributed by atoms with van der Waals surface area (Å²) in [4.78, 5) is 6.35. The maximum absolute atomic E-state index is 8.61. The zero-order valence-electron chi connectivity index (χ0n) is 9.39.